The van der Waals surface area contributed by atoms with E-state index < -0.39 is 45.6 Å². The first-order valence-electron chi connectivity index (χ1n) is 14.7. The van der Waals surface area contributed by atoms with Gasteiger partial charge in [0.05, 0.1) is 11.0 Å². The summed E-state index contributed by atoms with van der Waals surface area (Å²) in [5.74, 6) is -6.87. The molecule has 1 aliphatic heterocycles. The van der Waals surface area contributed by atoms with Crippen molar-refractivity contribution >= 4 is 48.6 Å². The maximum Gasteiger partial charge on any atom is 0.490 e. The van der Waals surface area contributed by atoms with E-state index in [1.165, 1.54) is 41.3 Å². The second-order valence-electron chi connectivity index (χ2n) is 11.3. The number of hydrogen-bond donors (Lipinski definition) is 3. The Morgan fingerprint density at radius 3 is 2.04 bits per heavy atom. The summed E-state index contributed by atoms with van der Waals surface area (Å²) in [7, 11) is -4.52. The van der Waals surface area contributed by atoms with Gasteiger partial charge in [-0.25, -0.2) is 13.2 Å². The highest BCUT2D eigenvalue weighted by Crippen LogP contribution is 2.35. The Morgan fingerprint density at radius 2 is 1.47 bits per heavy atom. The van der Waals surface area contributed by atoms with Crippen LogP contribution in [0.3, 0.4) is 0 Å². The topological polar surface area (TPSA) is 139 Å². The van der Waals surface area contributed by atoms with Crippen LogP contribution in [0.2, 0.25) is 0 Å². The zero-order valence-electron chi connectivity index (χ0n) is 24.9. The van der Waals surface area contributed by atoms with Gasteiger partial charge in [0.1, 0.15) is 5.75 Å². The quantitative estimate of drug-likeness (QED) is 0.242. The number of sulfonamides is 1. The van der Waals surface area contributed by atoms with Crippen LogP contribution in [0.4, 0.5) is 22.0 Å². The van der Waals surface area contributed by atoms with Gasteiger partial charge in [-0.3, -0.25) is 4.79 Å². The van der Waals surface area contributed by atoms with Crippen molar-refractivity contribution in [2.45, 2.75) is 73.7 Å². The predicted octanol–water partition coefficient (Wildman–Crippen LogP) is 5.95. The highest BCUT2D eigenvalue weighted by molar-refractivity contribution is 9.10. The molecule has 1 atom stereocenters. The van der Waals surface area contributed by atoms with Gasteiger partial charge in [0.2, 0.25) is 15.9 Å². The maximum absolute atomic E-state index is 15.9. The van der Waals surface area contributed by atoms with Gasteiger partial charge in [-0.05, 0) is 85.7 Å². The van der Waals surface area contributed by atoms with Gasteiger partial charge in [0, 0.05) is 29.2 Å². The predicted molar refractivity (Wildman–Crippen MR) is 166 cm³/mol. The lowest BCUT2D eigenvalue weighted by Gasteiger charge is -2.35. The lowest BCUT2D eigenvalue weighted by molar-refractivity contribution is -0.192. The molecule has 1 heterocycles. The minimum absolute atomic E-state index is 0.132. The minimum atomic E-state index is -5.08. The lowest BCUT2D eigenvalue weighted by Crippen LogP contribution is -2.57. The molecule has 5 rings (SSSR count). The zero-order valence-corrected chi connectivity index (χ0v) is 27.3. The molecule has 256 valence electrons. The highest BCUT2D eigenvalue weighted by atomic mass is 79.9. The van der Waals surface area contributed by atoms with Crippen LogP contribution in [-0.4, -0.2) is 67.8 Å². The number of carboxylic acid groups (broad SMARTS) is 1. The van der Waals surface area contributed by atoms with Crippen molar-refractivity contribution < 1.29 is 49.8 Å². The van der Waals surface area contributed by atoms with Gasteiger partial charge in [-0.1, -0.05) is 40.2 Å². The maximum atomic E-state index is 15.9. The third-order valence-electron chi connectivity index (χ3n) is 7.90. The number of alkyl halides is 5. The van der Waals surface area contributed by atoms with Crippen LogP contribution in [-0.2, 0) is 25.5 Å². The second-order valence-corrected chi connectivity index (χ2v) is 14.0. The minimum Gasteiger partial charge on any atom is -0.490 e. The van der Waals surface area contributed by atoms with Crippen molar-refractivity contribution in [3.05, 3.63) is 70.7 Å². The monoisotopic (exact) mass is 749 g/mol. The van der Waals surface area contributed by atoms with Gasteiger partial charge in [0.15, 0.2) is 6.04 Å². The number of nitrogens with one attached hydrogen (secondary N) is 1. The first-order valence-corrected chi connectivity index (χ1v) is 17.0. The van der Waals surface area contributed by atoms with Gasteiger partial charge in [-0.2, -0.15) is 26.7 Å². The van der Waals surface area contributed by atoms with Crippen molar-refractivity contribution in [3.8, 4) is 5.75 Å². The molecule has 0 radical (unpaired) electrons. The summed E-state index contributed by atoms with van der Waals surface area (Å²) in [5.41, 5.74) is 5.45. The van der Waals surface area contributed by atoms with Gasteiger partial charge < -0.3 is 20.5 Å². The molecular formula is C31H33BrF5N3O6S. The molecule has 1 saturated heterocycles. The molecule has 0 aromatic heterocycles. The Balaban J connectivity index is 0.000000644. The summed E-state index contributed by atoms with van der Waals surface area (Å²) in [4.78, 5) is 23.4. The van der Waals surface area contributed by atoms with E-state index in [2.05, 4.69) is 20.7 Å². The third-order valence-corrected chi connectivity index (χ3v) is 9.85. The van der Waals surface area contributed by atoms with Crippen LogP contribution >= 0.6 is 15.9 Å². The number of amides is 1. The number of aliphatic carboxylic acids is 1. The number of rotatable bonds is 8. The van der Waals surface area contributed by atoms with E-state index in [0.717, 1.165) is 31.1 Å². The molecule has 1 saturated carbocycles. The SMILES string of the molecule is NC1CCN(C(=O)[C@H](NS(=O)(=O)c2ccc3cc(OC4CCCC4)ccc3c2)C(F)(F)c2ccc(Br)cc2)CC1.O=C(O)C(F)(F)F. The van der Waals surface area contributed by atoms with E-state index in [1.807, 2.05) is 6.07 Å². The number of carboxylic acids is 1. The Hall–Kier alpha value is -3.34. The fraction of sp³-hybridized carbons (Fsp3) is 0.419. The number of halogens is 6. The third kappa shape index (κ3) is 9.39. The van der Waals surface area contributed by atoms with E-state index in [4.69, 9.17) is 20.4 Å². The number of hydrogen-bond acceptors (Lipinski definition) is 6. The largest absolute Gasteiger partial charge is 0.490 e. The van der Waals surface area contributed by atoms with Crippen LogP contribution in [0.1, 0.15) is 44.1 Å². The Kier molecular flexibility index (Phi) is 11.5. The Bertz CT molecular complexity index is 1680. The molecule has 2 fully saturated rings. The Morgan fingerprint density at radius 1 is 0.915 bits per heavy atom. The van der Waals surface area contributed by atoms with Crippen LogP contribution in [0.25, 0.3) is 10.8 Å². The van der Waals surface area contributed by atoms with E-state index in [-0.39, 0.29) is 30.1 Å². The average Bonchev–Trinajstić information content (AvgIpc) is 3.53. The molecule has 47 heavy (non-hydrogen) atoms. The molecule has 0 bridgehead atoms. The average molecular weight is 751 g/mol. The van der Waals surface area contributed by atoms with E-state index >= 15 is 8.78 Å². The van der Waals surface area contributed by atoms with Crippen LogP contribution in [0.5, 0.6) is 5.75 Å². The molecule has 1 aliphatic carbocycles. The summed E-state index contributed by atoms with van der Waals surface area (Å²) >= 11 is 3.22. The molecule has 0 unspecified atom stereocenters. The molecule has 2 aliphatic rings. The highest BCUT2D eigenvalue weighted by Gasteiger charge is 2.50. The number of nitrogens with two attached hydrogens (primary N) is 1. The first-order chi connectivity index (χ1) is 22.0. The number of piperidine rings is 1. The number of ether oxygens (including phenoxy) is 1. The van der Waals surface area contributed by atoms with Crippen molar-refractivity contribution in [1.29, 1.82) is 0 Å². The van der Waals surface area contributed by atoms with E-state index in [0.29, 0.717) is 28.5 Å². The summed E-state index contributed by atoms with van der Waals surface area (Å²) in [6, 6.07) is 12.5. The molecule has 0 spiro atoms. The van der Waals surface area contributed by atoms with Crippen LogP contribution in [0.15, 0.2) is 70.0 Å². The van der Waals surface area contributed by atoms with E-state index in [1.54, 1.807) is 18.2 Å². The van der Waals surface area contributed by atoms with Crippen molar-refractivity contribution in [1.82, 2.24) is 9.62 Å². The summed E-state index contributed by atoms with van der Waals surface area (Å²) in [5, 5.41) is 8.49. The van der Waals surface area contributed by atoms with E-state index in [9.17, 15) is 26.4 Å². The fourth-order valence-electron chi connectivity index (χ4n) is 5.28. The van der Waals surface area contributed by atoms with Gasteiger partial charge >= 0.3 is 12.1 Å². The normalized spacial score (nSPS) is 17.2. The van der Waals surface area contributed by atoms with Crippen molar-refractivity contribution in [2.75, 3.05) is 13.1 Å². The number of fused-ring (bicyclic) bond motifs is 1. The van der Waals surface area contributed by atoms with Crippen LogP contribution in [0, 0.1) is 0 Å². The lowest BCUT2D eigenvalue weighted by atomic mass is 9.99. The number of nitrogens with zero attached hydrogens (tertiary/aromatic N) is 1. The fourth-order valence-corrected chi connectivity index (χ4v) is 6.77. The summed E-state index contributed by atoms with van der Waals surface area (Å²) in [6.45, 7) is 0.353. The first kappa shape index (κ1) is 36.5. The molecule has 16 heteroatoms. The number of likely N-dealkylation sites (tertiary alicyclic amines) is 1. The van der Waals surface area contributed by atoms with Gasteiger partial charge in [0.25, 0.3) is 5.92 Å². The van der Waals surface area contributed by atoms with Crippen molar-refractivity contribution in [2.24, 2.45) is 5.73 Å². The van der Waals surface area contributed by atoms with Crippen molar-refractivity contribution in [3.63, 3.8) is 0 Å². The molecule has 9 nitrogen and oxygen atoms in total. The smallest absolute Gasteiger partial charge is 0.490 e. The van der Waals surface area contributed by atoms with Crippen LogP contribution < -0.4 is 15.2 Å². The number of benzene rings is 3. The number of carbonyl (C=O) groups excluding carboxylic acids is 1. The number of carbonyl (C=O) groups is 2. The zero-order chi connectivity index (χ0) is 34.6. The second kappa shape index (κ2) is 14.8. The summed E-state index contributed by atoms with van der Waals surface area (Å²) < 4.78 is 99.2. The summed E-state index contributed by atoms with van der Waals surface area (Å²) in [6.07, 6.45) is 0.299. The van der Waals surface area contributed by atoms with Gasteiger partial charge in [-0.15, -0.1) is 0 Å². The molecular weight excluding hydrogens is 717 g/mol. The molecule has 4 N–H and O–H groups in total. The molecule has 3 aromatic rings. The molecule has 3 aromatic carbocycles. The molecule has 1 amide bonds. The Labute approximate surface area is 276 Å². The standard InChI is InChI=1S/C29H32BrF2N3O4S.C2HF3O2/c30-22-9-7-21(8-10-22)29(31,32)27(28(36)35-15-13-23(33)14-16-35)34-40(37,38)26-12-6-19-17-25(11-5-20(19)18-26)39-24-3-1-2-4-24;3-2(4,5)1(6)7/h5-12,17-18,23-24,27,34H,1-4,13-16,33H2;(H,6,7)/t27-;/m0./s1.